The van der Waals surface area contributed by atoms with Crippen molar-refractivity contribution in [3.05, 3.63) is 87.1 Å². The number of ether oxygens (including phenoxy) is 2. The lowest BCUT2D eigenvalue weighted by molar-refractivity contribution is -0.385. The van der Waals surface area contributed by atoms with Gasteiger partial charge in [0.1, 0.15) is 18.6 Å². The quantitative estimate of drug-likeness (QED) is 0.327. The fourth-order valence-corrected chi connectivity index (χ4v) is 2.67. The average Bonchev–Trinajstić information content (AvgIpc) is 2.73. The summed E-state index contributed by atoms with van der Waals surface area (Å²) in [6.07, 6.45) is 2.71. The first-order chi connectivity index (χ1) is 14.1. The number of hydrogen-bond acceptors (Lipinski definition) is 7. The van der Waals surface area contributed by atoms with Crippen molar-refractivity contribution in [2.75, 3.05) is 12.5 Å². The molecule has 0 saturated heterocycles. The predicted octanol–water partition coefficient (Wildman–Crippen LogP) is 4.68. The Morgan fingerprint density at radius 1 is 1.24 bits per heavy atom. The molecule has 0 bridgehead atoms. The minimum Gasteiger partial charge on any atom is -0.493 e. The summed E-state index contributed by atoms with van der Waals surface area (Å²) in [7, 11) is 1.56. The molecular weight excluding hydrogens is 396 g/mol. The largest absolute Gasteiger partial charge is 0.493 e. The van der Waals surface area contributed by atoms with E-state index in [-0.39, 0.29) is 5.69 Å². The van der Waals surface area contributed by atoms with Gasteiger partial charge in [-0.25, -0.2) is 4.98 Å². The fourth-order valence-electron chi connectivity index (χ4n) is 2.46. The Balaban J connectivity index is 1.74. The molecule has 2 aromatic carbocycles. The van der Waals surface area contributed by atoms with Crippen molar-refractivity contribution < 1.29 is 14.4 Å². The molecule has 0 aliphatic heterocycles. The Morgan fingerprint density at radius 2 is 2.07 bits per heavy atom. The number of para-hydroxylation sites is 1. The number of hydrogen-bond donors (Lipinski definition) is 1. The summed E-state index contributed by atoms with van der Waals surface area (Å²) >= 11 is 6.02. The number of nitro groups is 1. The van der Waals surface area contributed by atoms with E-state index in [1.165, 1.54) is 12.1 Å². The normalized spacial score (nSPS) is 10.7. The number of nitrogens with zero attached hydrogens (tertiary/aromatic N) is 3. The van der Waals surface area contributed by atoms with Crippen LogP contribution in [0.2, 0.25) is 5.02 Å². The first kappa shape index (κ1) is 20.1. The molecule has 0 fully saturated rings. The Bertz CT molecular complexity index is 1030. The average molecular weight is 413 g/mol. The molecule has 0 atom stereocenters. The van der Waals surface area contributed by atoms with Crippen molar-refractivity contribution in [2.45, 2.75) is 6.61 Å². The standard InChI is InChI=1S/C20H17ClN4O4/c1-28-18-7-3-5-15(20(18)29-13-14-4-2-6-16(21)10-14)11-23-24-19-9-8-17(12-22-19)25(26)27/h2-12H,13H2,1H3,(H,22,24)/b23-11-. The van der Waals surface area contributed by atoms with E-state index in [0.717, 1.165) is 11.8 Å². The predicted molar refractivity (Wildman–Crippen MR) is 111 cm³/mol. The van der Waals surface area contributed by atoms with E-state index < -0.39 is 4.92 Å². The molecule has 1 aromatic heterocycles. The van der Waals surface area contributed by atoms with E-state index >= 15 is 0 Å². The Labute approximate surface area is 171 Å². The minimum absolute atomic E-state index is 0.0935. The number of methoxy groups -OCH3 is 1. The molecule has 0 amide bonds. The fraction of sp³-hybridized carbons (Fsp3) is 0.100. The summed E-state index contributed by atoms with van der Waals surface area (Å²) < 4.78 is 11.3. The second-order valence-corrected chi connectivity index (χ2v) is 6.26. The second-order valence-electron chi connectivity index (χ2n) is 5.83. The maximum absolute atomic E-state index is 10.7. The van der Waals surface area contributed by atoms with E-state index in [1.807, 2.05) is 30.3 Å². The van der Waals surface area contributed by atoms with E-state index in [9.17, 15) is 10.1 Å². The van der Waals surface area contributed by atoms with Crippen molar-refractivity contribution >= 4 is 29.3 Å². The zero-order chi connectivity index (χ0) is 20.6. The van der Waals surface area contributed by atoms with Gasteiger partial charge in [-0.05, 0) is 35.9 Å². The van der Waals surface area contributed by atoms with E-state index in [2.05, 4.69) is 15.5 Å². The zero-order valence-corrected chi connectivity index (χ0v) is 16.2. The lowest BCUT2D eigenvalue weighted by Gasteiger charge is -2.13. The number of nitrogens with one attached hydrogen (secondary N) is 1. The van der Waals surface area contributed by atoms with Gasteiger partial charge >= 0.3 is 0 Å². The number of benzene rings is 2. The van der Waals surface area contributed by atoms with Crippen molar-refractivity contribution in [2.24, 2.45) is 5.10 Å². The Kier molecular flexibility index (Phi) is 6.59. The van der Waals surface area contributed by atoms with Crippen LogP contribution in [0.3, 0.4) is 0 Å². The number of pyridine rings is 1. The van der Waals surface area contributed by atoms with Crippen molar-refractivity contribution in [3.8, 4) is 11.5 Å². The molecule has 0 spiro atoms. The molecule has 0 aliphatic carbocycles. The highest BCUT2D eigenvalue weighted by molar-refractivity contribution is 6.30. The zero-order valence-electron chi connectivity index (χ0n) is 15.4. The molecule has 3 rings (SSSR count). The van der Waals surface area contributed by atoms with Crippen molar-refractivity contribution in [3.63, 3.8) is 0 Å². The van der Waals surface area contributed by atoms with Gasteiger partial charge in [-0.2, -0.15) is 5.10 Å². The molecule has 29 heavy (non-hydrogen) atoms. The lowest BCUT2D eigenvalue weighted by atomic mass is 10.2. The van der Waals surface area contributed by atoms with Gasteiger partial charge in [0.05, 0.1) is 18.2 Å². The summed E-state index contributed by atoms with van der Waals surface area (Å²) in [6, 6.07) is 15.6. The van der Waals surface area contributed by atoms with Crippen LogP contribution in [0.15, 0.2) is 65.9 Å². The van der Waals surface area contributed by atoms with Gasteiger partial charge in [-0.1, -0.05) is 29.8 Å². The smallest absolute Gasteiger partial charge is 0.287 e. The van der Waals surface area contributed by atoms with Crippen LogP contribution in [0.4, 0.5) is 11.5 Å². The second kappa shape index (κ2) is 9.52. The highest BCUT2D eigenvalue weighted by Crippen LogP contribution is 2.31. The lowest BCUT2D eigenvalue weighted by Crippen LogP contribution is -2.02. The van der Waals surface area contributed by atoms with Crippen LogP contribution >= 0.6 is 11.6 Å². The van der Waals surface area contributed by atoms with Gasteiger partial charge in [0.25, 0.3) is 5.69 Å². The molecule has 3 aromatic rings. The summed E-state index contributed by atoms with van der Waals surface area (Å²) in [6.45, 7) is 0.305. The number of hydrazone groups is 1. The summed E-state index contributed by atoms with van der Waals surface area (Å²) in [5.41, 5.74) is 4.23. The van der Waals surface area contributed by atoms with Crippen LogP contribution in [0.25, 0.3) is 0 Å². The van der Waals surface area contributed by atoms with Gasteiger partial charge in [-0.15, -0.1) is 0 Å². The molecule has 0 unspecified atom stereocenters. The van der Waals surface area contributed by atoms with Gasteiger partial charge in [0.2, 0.25) is 0 Å². The maximum atomic E-state index is 10.7. The van der Waals surface area contributed by atoms with Gasteiger partial charge in [-0.3, -0.25) is 15.5 Å². The van der Waals surface area contributed by atoms with Crippen molar-refractivity contribution in [1.29, 1.82) is 0 Å². The number of aromatic nitrogens is 1. The molecule has 0 saturated carbocycles. The van der Waals surface area contributed by atoms with E-state index in [1.54, 1.807) is 25.5 Å². The minimum atomic E-state index is -0.514. The molecule has 148 valence electrons. The molecule has 0 aliphatic rings. The highest BCUT2D eigenvalue weighted by atomic mass is 35.5. The molecular formula is C20H17ClN4O4. The molecule has 9 heteroatoms. The van der Waals surface area contributed by atoms with Crippen LogP contribution in [0.1, 0.15) is 11.1 Å². The Morgan fingerprint density at radius 3 is 2.76 bits per heavy atom. The summed E-state index contributed by atoms with van der Waals surface area (Å²) in [4.78, 5) is 14.1. The molecule has 0 radical (unpaired) electrons. The van der Waals surface area contributed by atoms with Gasteiger partial charge in [0.15, 0.2) is 11.5 Å². The van der Waals surface area contributed by atoms with Gasteiger partial charge in [0, 0.05) is 16.7 Å². The van der Waals surface area contributed by atoms with Crippen LogP contribution in [-0.4, -0.2) is 23.2 Å². The molecule has 1 N–H and O–H groups in total. The topological polar surface area (TPSA) is 98.9 Å². The Hall–Kier alpha value is -3.65. The van der Waals surface area contributed by atoms with Crippen LogP contribution in [0.5, 0.6) is 11.5 Å². The molecule has 1 heterocycles. The third kappa shape index (κ3) is 5.43. The monoisotopic (exact) mass is 412 g/mol. The third-order valence-electron chi connectivity index (χ3n) is 3.84. The SMILES string of the molecule is COc1cccc(/C=N\Nc2ccc([N+](=O)[O-])cn2)c1OCc1cccc(Cl)c1. The molecule has 8 nitrogen and oxygen atoms in total. The number of halogens is 1. The highest BCUT2D eigenvalue weighted by Gasteiger charge is 2.10. The van der Waals surface area contributed by atoms with E-state index in [0.29, 0.717) is 34.5 Å². The first-order valence-corrected chi connectivity index (χ1v) is 8.88. The summed E-state index contributed by atoms with van der Waals surface area (Å²) in [5, 5.41) is 15.4. The van der Waals surface area contributed by atoms with Crippen molar-refractivity contribution in [1.82, 2.24) is 4.98 Å². The van der Waals surface area contributed by atoms with Gasteiger partial charge < -0.3 is 9.47 Å². The number of rotatable bonds is 8. The first-order valence-electron chi connectivity index (χ1n) is 8.50. The van der Waals surface area contributed by atoms with E-state index in [4.69, 9.17) is 21.1 Å². The van der Waals surface area contributed by atoms with Crippen LogP contribution in [0, 0.1) is 10.1 Å². The third-order valence-corrected chi connectivity index (χ3v) is 4.08. The van der Waals surface area contributed by atoms with Crippen LogP contribution in [-0.2, 0) is 6.61 Å². The van der Waals surface area contributed by atoms with Crippen LogP contribution < -0.4 is 14.9 Å². The number of anilines is 1. The summed E-state index contributed by atoms with van der Waals surface area (Å²) in [5.74, 6) is 1.46. The maximum Gasteiger partial charge on any atom is 0.287 e.